The third-order valence-corrected chi connectivity index (χ3v) is 7.14. The van der Waals surface area contributed by atoms with Crippen molar-refractivity contribution in [3.63, 3.8) is 0 Å². The Morgan fingerprint density at radius 3 is 2.24 bits per heavy atom. The number of methoxy groups -OCH3 is 1. The Balaban J connectivity index is 1.38. The molecule has 1 fully saturated rings. The number of sulfonamides is 1. The summed E-state index contributed by atoms with van der Waals surface area (Å²) in [6.07, 6.45) is 0. The first kappa shape index (κ1) is 22.9. The lowest BCUT2D eigenvalue weighted by molar-refractivity contribution is 0.0746. The molecule has 0 atom stereocenters. The van der Waals surface area contributed by atoms with E-state index in [4.69, 9.17) is 16.3 Å². The number of hydrogen-bond acceptors (Lipinski definition) is 5. The number of rotatable bonds is 6. The molecule has 3 aromatic carbocycles. The van der Waals surface area contributed by atoms with Gasteiger partial charge in [-0.1, -0.05) is 17.7 Å². The van der Waals surface area contributed by atoms with E-state index in [0.717, 1.165) is 11.4 Å². The number of nitrogens with zero attached hydrogens (tertiary/aromatic N) is 2. The summed E-state index contributed by atoms with van der Waals surface area (Å²) >= 11 is 5.84. The lowest BCUT2D eigenvalue weighted by atomic mass is 10.1. The van der Waals surface area contributed by atoms with E-state index in [2.05, 4.69) is 9.62 Å². The molecule has 172 valence electrons. The number of ether oxygens (including phenoxy) is 1. The summed E-state index contributed by atoms with van der Waals surface area (Å²) in [5, 5.41) is 0.519. The first-order valence-electron chi connectivity index (χ1n) is 10.4. The first-order chi connectivity index (χ1) is 15.9. The highest BCUT2D eigenvalue weighted by atomic mass is 35.5. The average Bonchev–Trinajstić information content (AvgIpc) is 2.85. The van der Waals surface area contributed by atoms with Crippen LogP contribution < -0.4 is 14.4 Å². The molecule has 1 N–H and O–H groups in total. The number of hydrogen-bond donors (Lipinski definition) is 1. The van der Waals surface area contributed by atoms with Crippen molar-refractivity contribution < 1.29 is 17.9 Å². The van der Waals surface area contributed by atoms with Gasteiger partial charge in [-0.15, -0.1) is 0 Å². The molecule has 4 rings (SSSR count). The van der Waals surface area contributed by atoms with Gasteiger partial charge in [0.05, 0.1) is 12.0 Å². The Labute approximate surface area is 198 Å². The molecule has 3 aromatic rings. The highest BCUT2D eigenvalue weighted by Crippen LogP contribution is 2.23. The van der Waals surface area contributed by atoms with Gasteiger partial charge in [0.1, 0.15) is 5.75 Å². The van der Waals surface area contributed by atoms with Crippen LogP contribution in [0.25, 0.3) is 0 Å². The second-order valence-corrected chi connectivity index (χ2v) is 9.74. The number of benzene rings is 3. The van der Waals surface area contributed by atoms with E-state index in [1.54, 1.807) is 48.4 Å². The van der Waals surface area contributed by atoms with Crippen LogP contribution in [-0.4, -0.2) is 52.5 Å². The predicted octanol–water partition coefficient (Wildman–Crippen LogP) is 4.11. The molecule has 0 aromatic heterocycles. The summed E-state index contributed by atoms with van der Waals surface area (Å²) < 4.78 is 33.1. The zero-order valence-electron chi connectivity index (χ0n) is 18.1. The molecule has 0 radical (unpaired) electrons. The molecule has 33 heavy (non-hydrogen) atoms. The van der Waals surface area contributed by atoms with Gasteiger partial charge >= 0.3 is 0 Å². The number of piperazine rings is 1. The number of anilines is 2. The lowest BCUT2D eigenvalue weighted by Gasteiger charge is -2.36. The Kier molecular flexibility index (Phi) is 6.76. The average molecular weight is 486 g/mol. The van der Waals surface area contributed by atoms with Crippen molar-refractivity contribution in [2.24, 2.45) is 0 Å². The molecule has 0 saturated carbocycles. The maximum absolute atomic E-state index is 12.9. The fourth-order valence-corrected chi connectivity index (χ4v) is 4.85. The van der Waals surface area contributed by atoms with Crippen LogP contribution in [-0.2, 0) is 10.0 Å². The van der Waals surface area contributed by atoms with E-state index in [9.17, 15) is 13.2 Å². The maximum atomic E-state index is 12.9. The van der Waals surface area contributed by atoms with Crippen LogP contribution in [0.1, 0.15) is 10.4 Å². The molecular formula is C24H24ClN3O4S. The summed E-state index contributed by atoms with van der Waals surface area (Å²) in [5.41, 5.74) is 1.92. The van der Waals surface area contributed by atoms with Crippen molar-refractivity contribution >= 4 is 38.9 Å². The highest BCUT2D eigenvalue weighted by molar-refractivity contribution is 7.92. The van der Waals surface area contributed by atoms with Crippen molar-refractivity contribution in [1.82, 2.24) is 4.90 Å². The van der Waals surface area contributed by atoms with E-state index in [1.807, 2.05) is 24.3 Å². The molecule has 1 amide bonds. The van der Waals surface area contributed by atoms with E-state index in [-0.39, 0.29) is 10.8 Å². The molecule has 0 bridgehead atoms. The molecule has 1 aliphatic rings. The van der Waals surface area contributed by atoms with Crippen LogP contribution in [0.15, 0.2) is 77.7 Å². The molecule has 0 aliphatic carbocycles. The van der Waals surface area contributed by atoms with Gasteiger partial charge in [0, 0.05) is 54.2 Å². The molecule has 0 spiro atoms. The molecule has 0 unspecified atom stereocenters. The molecular weight excluding hydrogens is 462 g/mol. The van der Waals surface area contributed by atoms with Crippen molar-refractivity contribution in [3.05, 3.63) is 83.4 Å². The zero-order chi connectivity index (χ0) is 23.4. The van der Waals surface area contributed by atoms with Gasteiger partial charge in [0.15, 0.2) is 0 Å². The normalized spacial score (nSPS) is 14.1. The number of carbonyl (C=O) groups is 1. The van der Waals surface area contributed by atoms with Gasteiger partial charge in [-0.05, 0) is 60.7 Å². The fourth-order valence-electron chi connectivity index (χ4n) is 3.67. The van der Waals surface area contributed by atoms with Crippen LogP contribution in [0.2, 0.25) is 5.02 Å². The van der Waals surface area contributed by atoms with Gasteiger partial charge in [-0.25, -0.2) is 8.42 Å². The molecule has 7 nitrogen and oxygen atoms in total. The van der Waals surface area contributed by atoms with Gasteiger partial charge in [-0.3, -0.25) is 9.52 Å². The molecule has 1 aliphatic heterocycles. The number of amides is 1. The van der Waals surface area contributed by atoms with Gasteiger partial charge < -0.3 is 14.5 Å². The van der Waals surface area contributed by atoms with E-state index >= 15 is 0 Å². The van der Waals surface area contributed by atoms with Crippen LogP contribution in [0.4, 0.5) is 11.4 Å². The number of carbonyl (C=O) groups excluding carboxylic acids is 1. The maximum Gasteiger partial charge on any atom is 0.261 e. The SMILES string of the molecule is COc1cccc(N2CCN(C(=O)c3ccc(S(=O)(=O)Nc4ccc(Cl)cc4)cc3)CC2)c1. The second kappa shape index (κ2) is 9.72. The zero-order valence-corrected chi connectivity index (χ0v) is 19.6. The van der Waals surface area contributed by atoms with Crippen molar-refractivity contribution in [1.29, 1.82) is 0 Å². The smallest absolute Gasteiger partial charge is 0.261 e. The van der Waals surface area contributed by atoms with Gasteiger partial charge in [-0.2, -0.15) is 0 Å². The minimum atomic E-state index is -3.77. The first-order valence-corrected chi connectivity index (χ1v) is 12.3. The fraction of sp³-hybridized carbons (Fsp3) is 0.208. The molecule has 9 heteroatoms. The van der Waals surface area contributed by atoms with Crippen LogP contribution in [0.3, 0.4) is 0 Å². The quantitative estimate of drug-likeness (QED) is 0.568. The Bertz CT molecular complexity index is 1220. The van der Waals surface area contributed by atoms with E-state index in [1.165, 1.54) is 12.1 Å². The van der Waals surface area contributed by atoms with Crippen LogP contribution >= 0.6 is 11.6 Å². The molecule has 1 heterocycles. The Morgan fingerprint density at radius 2 is 1.61 bits per heavy atom. The second-order valence-electron chi connectivity index (χ2n) is 7.62. The summed E-state index contributed by atoms with van der Waals surface area (Å²) in [4.78, 5) is 17.0. The monoisotopic (exact) mass is 485 g/mol. The van der Waals surface area contributed by atoms with Crippen molar-refractivity contribution in [3.8, 4) is 5.75 Å². The van der Waals surface area contributed by atoms with Gasteiger partial charge in [0.2, 0.25) is 0 Å². The summed E-state index contributed by atoms with van der Waals surface area (Å²) in [5.74, 6) is 0.682. The standard InChI is InChI=1S/C24H24ClN3O4S/c1-32-22-4-2-3-21(17-22)27-13-15-28(16-14-27)24(29)18-5-11-23(12-6-18)33(30,31)26-20-9-7-19(25)8-10-20/h2-12,17,26H,13-16H2,1H3. The lowest BCUT2D eigenvalue weighted by Crippen LogP contribution is -2.48. The van der Waals surface area contributed by atoms with Crippen molar-refractivity contribution in [2.75, 3.05) is 42.9 Å². The minimum Gasteiger partial charge on any atom is -0.497 e. The third kappa shape index (κ3) is 5.40. The minimum absolute atomic E-state index is 0.0804. The summed E-state index contributed by atoms with van der Waals surface area (Å²) in [6.45, 7) is 2.56. The van der Waals surface area contributed by atoms with E-state index in [0.29, 0.717) is 42.5 Å². The summed E-state index contributed by atoms with van der Waals surface area (Å²) in [6, 6.07) is 20.2. The largest absolute Gasteiger partial charge is 0.497 e. The predicted molar refractivity (Wildman–Crippen MR) is 130 cm³/mol. The number of halogens is 1. The molecule has 1 saturated heterocycles. The topological polar surface area (TPSA) is 79.0 Å². The van der Waals surface area contributed by atoms with Crippen molar-refractivity contribution in [2.45, 2.75) is 4.90 Å². The van der Waals surface area contributed by atoms with Crippen LogP contribution in [0.5, 0.6) is 5.75 Å². The van der Waals surface area contributed by atoms with E-state index < -0.39 is 10.0 Å². The Hall–Kier alpha value is -3.23. The number of nitrogens with one attached hydrogen (secondary N) is 1. The highest BCUT2D eigenvalue weighted by Gasteiger charge is 2.23. The third-order valence-electron chi connectivity index (χ3n) is 5.49. The van der Waals surface area contributed by atoms with Gasteiger partial charge in [0.25, 0.3) is 15.9 Å². The summed E-state index contributed by atoms with van der Waals surface area (Å²) in [7, 11) is -2.13. The van der Waals surface area contributed by atoms with Crippen LogP contribution in [0, 0.1) is 0 Å². The Morgan fingerprint density at radius 1 is 0.939 bits per heavy atom.